The predicted molar refractivity (Wildman–Crippen MR) is 75.5 cm³/mol. The smallest absolute Gasteiger partial charge is 0.323 e. The number of carboxylic acid groups (broad SMARTS) is 1. The summed E-state index contributed by atoms with van der Waals surface area (Å²) in [5.74, 6) is -0.820. The van der Waals surface area contributed by atoms with Crippen molar-refractivity contribution in [3.05, 3.63) is 0 Å². The van der Waals surface area contributed by atoms with Crippen LogP contribution in [0.4, 0.5) is 0 Å². The van der Waals surface area contributed by atoms with E-state index >= 15 is 0 Å². The Morgan fingerprint density at radius 1 is 1.30 bits per heavy atom. The highest BCUT2D eigenvalue weighted by Gasteiger charge is 2.45. The number of rotatable bonds is 6. The number of ether oxygens (including phenoxy) is 2. The van der Waals surface area contributed by atoms with Gasteiger partial charge in [-0.1, -0.05) is 6.42 Å². The van der Waals surface area contributed by atoms with Crippen molar-refractivity contribution in [3.8, 4) is 0 Å². The lowest BCUT2D eigenvalue weighted by atomic mass is 9.86. The van der Waals surface area contributed by atoms with Gasteiger partial charge < -0.3 is 20.3 Å². The van der Waals surface area contributed by atoms with Crippen molar-refractivity contribution < 1.29 is 19.4 Å². The second-order valence-corrected chi connectivity index (χ2v) is 6.24. The average molecular weight is 285 g/mol. The molecule has 3 N–H and O–H groups in total. The highest BCUT2D eigenvalue weighted by Crippen LogP contribution is 2.36. The zero-order valence-electron chi connectivity index (χ0n) is 12.3. The molecule has 4 unspecified atom stereocenters. The summed E-state index contributed by atoms with van der Waals surface area (Å²) in [4.78, 5) is 11.3. The van der Waals surface area contributed by atoms with Crippen LogP contribution in [-0.2, 0) is 14.3 Å². The molecule has 0 radical (unpaired) electrons. The lowest BCUT2D eigenvalue weighted by Crippen LogP contribution is -2.51. The van der Waals surface area contributed by atoms with E-state index in [9.17, 15) is 9.90 Å². The normalized spacial score (nSPS) is 38.0. The molecule has 4 atom stereocenters. The minimum absolute atomic E-state index is 0.0433. The quantitative estimate of drug-likeness (QED) is 0.779. The molecule has 0 aromatic heterocycles. The minimum atomic E-state index is -1.04. The van der Waals surface area contributed by atoms with Crippen molar-refractivity contribution in [1.82, 2.24) is 0 Å². The molecule has 0 aromatic carbocycles. The van der Waals surface area contributed by atoms with Gasteiger partial charge in [-0.15, -0.1) is 0 Å². The molecule has 2 fully saturated rings. The topological polar surface area (TPSA) is 81.8 Å². The summed E-state index contributed by atoms with van der Waals surface area (Å²) in [5.41, 5.74) is 5.00. The lowest BCUT2D eigenvalue weighted by Gasteiger charge is -2.30. The van der Waals surface area contributed by atoms with Gasteiger partial charge in [-0.05, 0) is 50.9 Å². The van der Waals surface area contributed by atoms with E-state index in [-0.39, 0.29) is 12.0 Å². The van der Waals surface area contributed by atoms with Crippen LogP contribution in [0.2, 0.25) is 0 Å². The van der Waals surface area contributed by atoms with Crippen LogP contribution in [0.5, 0.6) is 0 Å². The van der Waals surface area contributed by atoms with Crippen LogP contribution in [0.3, 0.4) is 0 Å². The molecule has 0 spiro atoms. The van der Waals surface area contributed by atoms with Crippen molar-refractivity contribution in [2.45, 2.75) is 69.1 Å². The third-order valence-corrected chi connectivity index (χ3v) is 5.00. The molecule has 0 aliphatic heterocycles. The number of carbonyl (C=O) groups is 1. The summed E-state index contributed by atoms with van der Waals surface area (Å²) in [6.07, 6.45) is 8.00. The van der Waals surface area contributed by atoms with E-state index in [1.807, 2.05) is 0 Å². The molecule has 0 aromatic rings. The highest BCUT2D eigenvalue weighted by molar-refractivity contribution is 5.79. The fraction of sp³-hybridized carbons (Fsp3) is 0.933. The van der Waals surface area contributed by atoms with Gasteiger partial charge in [-0.2, -0.15) is 0 Å². The summed E-state index contributed by atoms with van der Waals surface area (Å²) in [5, 5.41) is 9.28. The summed E-state index contributed by atoms with van der Waals surface area (Å²) in [7, 11) is 1.75. The van der Waals surface area contributed by atoms with E-state index in [1.54, 1.807) is 7.11 Å². The van der Waals surface area contributed by atoms with E-state index in [4.69, 9.17) is 15.2 Å². The molecule has 20 heavy (non-hydrogen) atoms. The first-order valence-corrected chi connectivity index (χ1v) is 7.73. The molecule has 5 heteroatoms. The van der Waals surface area contributed by atoms with Gasteiger partial charge in [0, 0.05) is 13.7 Å². The third kappa shape index (κ3) is 3.51. The zero-order chi connectivity index (χ0) is 14.6. The summed E-state index contributed by atoms with van der Waals surface area (Å²) in [6.45, 7) is 0.609. The van der Waals surface area contributed by atoms with Crippen LogP contribution in [-0.4, -0.2) is 42.5 Å². The number of hydrogen-bond donors (Lipinski definition) is 2. The first kappa shape index (κ1) is 15.7. The largest absolute Gasteiger partial charge is 0.480 e. The fourth-order valence-electron chi connectivity index (χ4n) is 3.63. The molecule has 0 heterocycles. The van der Waals surface area contributed by atoms with Crippen LogP contribution >= 0.6 is 0 Å². The summed E-state index contributed by atoms with van der Waals surface area (Å²) in [6, 6.07) is 0. The average Bonchev–Trinajstić information content (AvgIpc) is 2.82. The van der Waals surface area contributed by atoms with Crippen molar-refractivity contribution >= 4 is 5.97 Å². The third-order valence-electron chi connectivity index (χ3n) is 5.00. The SMILES string of the molecule is COC1CCCC(OCCC2CCCC2(N)C(=O)O)C1. The summed E-state index contributed by atoms with van der Waals surface area (Å²) >= 11 is 0. The van der Waals surface area contributed by atoms with Gasteiger partial charge in [-0.25, -0.2) is 0 Å². The van der Waals surface area contributed by atoms with E-state index in [1.165, 1.54) is 0 Å². The Hall–Kier alpha value is -0.650. The molecule has 2 saturated carbocycles. The van der Waals surface area contributed by atoms with Gasteiger partial charge >= 0.3 is 5.97 Å². The Bertz CT molecular complexity index is 336. The minimum Gasteiger partial charge on any atom is -0.480 e. The van der Waals surface area contributed by atoms with Gasteiger partial charge in [0.1, 0.15) is 5.54 Å². The maximum absolute atomic E-state index is 11.3. The fourth-order valence-corrected chi connectivity index (χ4v) is 3.63. The number of aliphatic carboxylic acids is 1. The molecule has 0 amide bonds. The monoisotopic (exact) mass is 285 g/mol. The molecule has 2 aliphatic carbocycles. The van der Waals surface area contributed by atoms with Crippen LogP contribution in [0.25, 0.3) is 0 Å². The Kier molecular flexibility index (Phi) is 5.41. The van der Waals surface area contributed by atoms with E-state index in [2.05, 4.69) is 0 Å². The Morgan fingerprint density at radius 2 is 2.05 bits per heavy atom. The van der Waals surface area contributed by atoms with Gasteiger partial charge in [0.25, 0.3) is 0 Å². The van der Waals surface area contributed by atoms with Gasteiger partial charge in [-0.3, -0.25) is 4.79 Å². The summed E-state index contributed by atoms with van der Waals surface area (Å²) < 4.78 is 11.3. The molecular formula is C15H27NO4. The highest BCUT2D eigenvalue weighted by atomic mass is 16.5. The van der Waals surface area contributed by atoms with Gasteiger partial charge in [0.2, 0.25) is 0 Å². The molecule has 0 bridgehead atoms. The van der Waals surface area contributed by atoms with Crippen LogP contribution in [0, 0.1) is 5.92 Å². The van der Waals surface area contributed by atoms with Crippen molar-refractivity contribution in [3.63, 3.8) is 0 Å². The van der Waals surface area contributed by atoms with Gasteiger partial charge in [0.15, 0.2) is 0 Å². The maximum Gasteiger partial charge on any atom is 0.323 e. The standard InChI is InChI=1S/C15H27NO4/c1-19-12-5-2-6-13(10-12)20-9-7-11-4-3-8-15(11,16)14(17)18/h11-13H,2-10,16H2,1H3,(H,17,18). The molecular weight excluding hydrogens is 258 g/mol. The van der Waals surface area contributed by atoms with Crippen molar-refractivity contribution in [2.24, 2.45) is 11.7 Å². The van der Waals surface area contributed by atoms with Gasteiger partial charge in [0.05, 0.1) is 12.2 Å². The lowest BCUT2D eigenvalue weighted by molar-refractivity contribution is -0.145. The first-order valence-electron chi connectivity index (χ1n) is 7.73. The molecule has 2 rings (SSSR count). The second-order valence-electron chi connectivity index (χ2n) is 6.24. The molecule has 116 valence electrons. The molecule has 5 nitrogen and oxygen atoms in total. The van der Waals surface area contributed by atoms with Crippen LogP contribution < -0.4 is 5.73 Å². The van der Waals surface area contributed by atoms with E-state index in [0.29, 0.717) is 19.1 Å². The van der Waals surface area contributed by atoms with Crippen molar-refractivity contribution in [2.75, 3.05) is 13.7 Å². The van der Waals surface area contributed by atoms with Crippen LogP contribution in [0.15, 0.2) is 0 Å². The molecule has 2 aliphatic rings. The number of methoxy groups -OCH3 is 1. The van der Waals surface area contributed by atoms with E-state index in [0.717, 1.165) is 44.9 Å². The van der Waals surface area contributed by atoms with Crippen molar-refractivity contribution in [1.29, 1.82) is 0 Å². The van der Waals surface area contributed by atoms with Crippen LogP contribution in [0.1, 0.15) is 51.4 Å². The second kappa shape index (κ2) is 6.87. The zero-order valence-corrected chi connectivity index (χ0v) is 12.3. The number of nitrogens with two attached hydrogens (primary N) is 1. The first-order chi connectivity index (χ1) is 9.56. The molecule has 0 saturated heterocycles. The Morgan fingerprint density at radius 3 is 2.75 bits per heavy atom. The predicted octanol–water partition coefficient (Wildman–Crippen LogP) is 1.93. The maximum atomic E-state index is 11.3. The van der Waals surface area contributed by atoms with E-state index < -0.39 is 11.5 Å². The number of carboxylic acids is 1. The number of hydrogen-bond acceptors (Lipinski definition) is 4. The Labute approximate surface area is 120 Å². The Balaban J connectivity index is 1.74.